The molecule has 0 radical (unpaired) electrons. The predicted octanol–water partition coefficient (Wildman–Crippen LogP) is 2.86. The van der Waals surface area contributed by atoms with E-state index in [-0.39, 0.29) is 18.6 Å². The highest BCUT2D eigenvalue weighted by Crippen LogP contribution is 2.25. The SMILES string of the molecule is CCc1cc(C)cc(CC)c1N[C@@H](C)C(=O)OCCSC.NCC(=O)O. The number of carbonyl (C=O) groups excluding carboxylic acids is 1. The van der Waals surface area contributed by atoms with Crippen molar-refractivity contribution in [3.8, 4) is 0 Å². The molecule has 1 rings (SSSR count). The van der Waals surface area contributed by atoms with Crippen LogP contribution in [0.4, 0.5) is 5.69 Å². The number of rotatable bonds is 9. The molecule has 0 fully saturated rings. The predicted molar refractivity (Wildman–Crippen MR) is 109 cm³/mol. The number of benzene rings is 1. The minimum absolute atomic E-state index is 0.186. The number of ether oxygens (including phenoxy) is 1. The van der Waals surface area contributed by atoms with Crippen molar-refractivity contribution in [2.24, 2.45) is 5.73 Å². The number of nitrogens with one attached hydrogen (secondary N) is 1. The fraction of sp³-hybridized carbons (Fsp3) is 0.579. The van der Waals surface area contributed by atoms with Crippen LogP contribution in [0.3, 0.4) is 0 Å². The Kier molecular flexibility index (Phi) is 12.6. The van der Waals surface area contributed by atoms with E-state index in [0.29, 0.717) is 6.61 Å². The van der Waals surface area contributed by atoms with Crippen LogP contribution in [0.15, 0.2) is 12.1 Å². The molecule has 148 valence electrons. The summed E-state index contributed by atoms with van der Waals surface area (Å²) in [5.74, 6) is -0.317. The molecule has 0 saturated heterocycles. The van der Waals surface area contributed by atoms with E-state index in [4.69, 9.17) is 9.84 Å². The average Bonchev–Trinajstić information content (AvgIpc) is 2.62. The van der Waals surface area contributed by atoms with Crippen LogP contribution in [0.5, 0.6) is 0 Å². The smallest absolute Gasteiger partial charge is 0.328 e. The van der Waals surface area contributed by atoms with Gasteiger partial charge in [0.05, 0.1) is 6.54 Å². The Balaban J connectivity index is 0.00000110. The number of carboxylic acids is 1. The average molecular weight is 385 g/mol. The lowest BCUT2D eigenvalue weighted by Gasteiger charge is -2.20. The lowest BCUT2D eigenvalue weighted by molar-refractivity contribution is -0.143. The third-order valence-electron chi connectivity index (χ3n) is 3.63. The largest absolute Gasteiger partial charge is 0.480 e. The number of anilines is 1. The van der Waals surface area contributed by atoms with Crippen molar-refractivity contribution in [3.63, 3.8) is 0 Å². The van der Waals surface area contributed by atoms with Crippen molar-refractivity contribution in [2.75, 3.05) is 30.5 Å². The van der Waals surface area contributed by atoms with Crippen LogP contribution in [0.25, 0.3) is 0 Å². The Hall–Kier alpha value is -1.73. The van der Waals surface area contributed by atoms with Crippen molar-refractivity contribution >= 4 is 29.4 Å². The first-order valence-corrected chi connectivity index (χ1v) is 10.2. The van der Waals surface area contributed by atoms with Gasteiger partial charge >= 0.3 is 11.9 Å². The first-order chi connectivity index (χ1) is 12.3. The first-order valence-electron chi connectivity index (χ1n) is 8.76. The number of thioether (sulfide) groups is 1. The minimum Gasteiger partial charge on any atom is -0.480 e. The molecular formula is C19H32N2O4S. The van der Waals surface area contributed by atoms with Gasteiger partial charge in [-0.3, -0.25) is 4.79 Å². The van der Waals surface area contributed by atoms with Crippen LogP contribution in [0.1, 0.15) is 37.5 Å². The van der Waals surface area contributed by atoms with Crippen molar-refractivity contribution < 1.29 is 19.4 Å². The molecule has 0 spiro atoms. The minimum atomic E-state index is -0.968. The molecule has 0 heterocycles. The molecule has 0 aliphatic heterocycles. The van der Waals surface area contributed by atoms with Crippen LogP contribution in [0.2, 0.25) is 0 Å². The molecule has 0 amide bonds. The van der Waals surface area contributed by atoms with Crippen molar-refractivity contribution in [1.82, 2.24) is 0 Å². The number of hydrogen-bond acceptors (Lipinski definition) is 6. The summed E-state index contributed by atoms with van der Waals surface area (Å²) >= 11 is 1.68. The second kappa shape index (κ2) is 13.5. The molecule has 0 aliphatic rings. The van der Waals surface area contributed by atoms with Gasteiger partial charge in [-0.1, -0.05) is 31.5 Å². The van der Waals surface area contributed by atoms with Gasteiger partial charge < -0.3 is 20.9 Å². The highest BCUT2D eigenvalue weighted by molar-refractivity contribution is 7.98. The second-order valence-corrected chi connectivity index (χ2v) is 6.78. The number of esters is 1. The van der Waals surface area contributed by atoms with Crippen molar-refractivity contribution in [2.45, 2.75) is 46.6 Å². The Bertz CT molecular complexity index is 554. The molecule has 6 nitrogen and oxygen atoms in total. The van der Waals surface area contributed by atoms with E-state index in [0.717, 1.165) is 24.3 Å². The van der Waals surface area contributed by atoms with Gasteiger partial charge in [0.25, 0.3) is 0 Å². The van der Waals surface area contributed by atoms with Crippen LogP contribution < -0.4 is 11.1 Å². The molecule has 0 unspecified atom stereocenters. The van der Waals surface area contributed by atoms with Crippen molar-refractivity contribution in [3.05, 3.63) is 28.8 Å². The van der Waals surface area contributed by atoms with Gasteiger partial charge in [-0.2, -0.15) is 11.8 Å². The highest BCUT2D eigenvalue weighted by Gasteiger charge is 2.17. The molecule has 26 heavy (non-hydrogen) atoms. The summed E-state index contributed by atoms with van der Waals surface area (Å²) in [7, 11) is 0. The molecule has 1 atom stereocenters. The number of carbonyl (C=O) groups is 2. The molecule has 1 aromatic rings. The molecule has 0 aliphatic carbocycles. The van der Waals surface area contributed by atoms with Crippen LogP contribution in [-0.2, 0) is 27.2 Å². The zero-order chi connectivity index (χ0) is 20.1. The number of nitrogens with two attached hydrogens (primary N) is 1. The Morgan fingerprint density at radius 1 is 1.27 bits per heavy atom. The molecular weight excluding hydrogens is 352 g/mol. The maximum Gasteiger partial charge on any atom is 0.328 e. The third kappa shape index (κ3) is 9.10. The molecule has 1 aromatic carbocycles. The van der Waals surface area contributed by atoms with Gasteiger partial charge in [-0.05, 0) is 44.1 Å². The van der Waals surface area contributed by atoms with Gasteiger partial charge in [0.15, 0.2) is 0 Å². The lowest BCUT2D eigenvalue weighted by Crippen LogP contribution is -2.29. The fourth-order valence-electron chi connectivity index (χ4n) is 2.31. The van der Waals surface area contributed by atoms with Gasteiger partial charge in [-0.25, -0.2) is 4.79 Å². The normalized spacial score (nSPS) is 11.2. The number of aliphatic carboxylic acids is 1. The van der Waals surface area contributed by atoms with Crippen LogP contribution in [0, 0.1) is 6.92 Å². The molecule has 0 saturated carbocycles. The summed E-state index contributed by atoms with van der Waals surface area (Å²) in [5, 5.41) is 11.0. The topological polar surface area (TPSA) is 102 Å². The van der Waals surface area contributed by atoms with Crippen LogP contribution >= 0.6 is 11.8 Å². The van der Waals surface area contributed by atoms with E-state index in [2.05, 4.69) is 44.0 Å². The molecule has 4 N–H and O–H groups in total. The molecule has 0 aromatic heterocycles. The summed E-state index contributed by atoms with van der Waals surface area (Å²) in [6.07, 6.45) is 3.90. The maximum absolute atomic E-state index is 12.0. The Morgan fingerprint density at radius 2 is 1.77 bits per heavy atom. The molecule has 0 bridgehead atoms. The van der Waals surface area contributed by atoms with Gasteiger partial charge in [0, 0.05) is 11.4 Å². The Morgan fingerprint density at radius 3 is 2.15 bits per heavy atom. The number of aryl methyl sites for hydroxylation is 3. The quantitative estimate of drug-likeness (QED) is 0.444. The second-order valence-electron chi connectivity index (χ2n) is 5.79. The number of hydrogen-bond donors (Lipinski definition) is 3. The summed E-state index contributed by atoms with van der Waals surface area (Å²) in [6.45, 7) is 8.45. The van der Waals surface area contributed by atoms with E-state index in [1.54, 1.807) is 11.8 Å². The highest BCUT2D eigenvalue weighted by atomic mass is 32.2. The zero-order valence-corrected chi connectivity index (χ0v) is 17.2. The zero-order valence-electron chi connectivity index (χ0n) is 16.4. The van der Waals surface area contributed by atoms with Crippen molar-refractivity contribution in [1.29, 1.82) is 0 Å². The fourth-order valence-corrected chi connectivity index (χ4v) is 2.56. The van der Waals surface area contributed by atoms with E-state index in [1.165, 1.54) is 16.7 Å². The summed E-state index contributed by atoms with van der Waals surface area (Å²) < 4.78 is 5.26. The van der Waals surface area contributed by atoms with Crippen LogP contribution in [-0.4, -0.2) is 48.2 Å². The van der Waals surface area contributed by atoms with E-state index < -0.39 is 5.97 Å². The van der Waals surface area contributed by atoms with E-state index in [9.17, 15) is 9.59 Å². The summed E-state index contributed by atoms with van der Waals surface area (Å²) in [5.41, 5.74) is 9.46. The van der Waals surface area contributed by atoms with Gasteiger partial charge in [0.1, 0.15) is 12.6 Å². The monoisotopic (exact) mass is 384 g/mol. The Labute approximate surface area is 160 Å². The first kappa shape index (κ1) is 24.3. The van der Waals surface area contributed by atoms with Gasteiger partial charge in [0.2, 0.25) is 0 Å². The van der Waals surface area contributed by atoms with Gasteiger partial charge in [-0.15, -0.1) is 0 Å². The standard InChI is InChI=1S/C17H27NO2S.C2H5NO2/c1-6-14-10-12(3)11-15(7-2)16(14)18-13(4)17(19)20-8-9-21-5;3-1-2(4)5/h10-11,13,18H,6-9H2,1-5H3;1,3H2,(H,4,5)/t13-;/m0./s1. The summed E-state index contributed by atoms with van der Waals surface area (Å²) in [6, 6.07) is 4.05. The van der Waals surface area contributed by atoms with E-state index >= 15 is 0 Å². The third-order valence-corrected chi connectivity index (χ3v) is 4.20. The summed E-state index contributed by atoms with van der Waals surface area (Å²) in [4.78, 5) is 21.2. The number of carboxylic acid groups (broad SMARTS) is 1. The maximum atomic E-state index is 12.0. The lowest BCUT2D eigenvalue weighted by atomic mass is 9.99. The van der Waals surface area contributed by atoms with E-state index in [1.807, 2.05) is 13.2 Å². The molecule has 7 heteroatoms.